The van der Waals surface area contributed by atoms with E-state index in [0.29, 0.717) is 17.1 Å². The number of benzene rings is 1. The van der Waals surface area contributed by atoms with Gasteiger partial charge in [0.15, 0.2) is 0 Å². The highest BCUT2D eigenvalue weighted by atomic mass is 35.5. The number of hydrogen-bond acceptors (Lipinski definition) is 5. The number of nitrogens with zero attached hydrogens (tertiary/aromatic N) is 3. The van der Waals surface area contributed by atoms with Crippen molar-refractivity contribution in [1.29, 1.82) is 0 Å². The van der Waals surface area contributed by atoms with E-state index in [1.165, 1.54) is 31.2 Å². The summed E-state index contributed by atoms with van der Waals surface area (Å²) < 4.78 is 6.92. The Hall–Kier alpha value is -2.21. The summed E-state index contributed by atoms with van der Waals surface area (Å²) in [5, 5.41) is 4.47. The molecule has 1 atom stereocenters. The van der Waals surface area contributed by atoms with Crippen molar-refractivity contribution in [2.24, 2.45) is 5.41 Å². The first-order chi connectivity index (χ1) is 9.94. The molecule has 0 aliphatic carbocycles. The van der Waals surface area contributed by atoms with Gasteiger partial charge in [-0.1, -0.05) is 11.6 Å². The van der Waals surface area contributed by atoms with Gasteiger partial charge in [0.2, 0.25) is 5.78 Å². The first-order valence-corrected chi connectivity index (χ1v) is 6.59. The second-order valence-electron chi connectivity index (χ2n) is 5.00. The lowest BCUT2D eigenvalue weighted by Gasteiger charge is -2.24. The topological polar surface area (TPSA) is 74.1 Å². The standard InChI is InChI=1S/C14H14ClN3O3/c1-14(2,7-19)12(20)13(18-9-16-8-17-18)21-11-5-3-10(15)4-6-11/h3-9,13H,1-2H3. The fraction of sp³-hybridized carbons (Fsp3) is 0.286. The van der Waals surface area contributed by atoms with Crippen molar-refractivity contribution in [2.45, 2.75) is 20.1 Å². The Balaban J connectivity index is 2.31. The van der Waals surface area contributed by atoms with Crippen LogP contribution in [0.25, 0.3) is 0 Å². The van der Waals surface area contributed by atoms with E-state index in [0.717, 1.165) is 0 Å². The molecule has 1 aromatic carbocycles. The molecule has 0 N–H and O–H groups in total. The van der Waals surface area contributed by atoms with Crippen LogP contribution in [0.3, 0.4) is 0 Å². The van der Waals surface area contributed by atoms with Crippen LogP contribution in [-0.4, -0.2) is 26.8 Å². The van der Waals surface area contributed by atoms with E-state index >= 15 is 0 Å². The fourth-order valence-corrected chi connectivity index (χ4v) is 1.71. The highest BCUT2D eigenvalue weighted by molar-refractivity contribution is 6.30. The second-order valence-corrected chi connectivity index (χ2v) is 5.44. The Labute approximate surface area is 126 Å². The van der Waals surface area contributed by atoms with Crippen LogP contribution in [-0.2, 0) is 9.59 Å². The summed E-state index contributed by atoms with van der Waals surface area (Å²) in [4.78, 5) is 27.4. The van der Waals surface area contributed by atoms with Gasteiger partial charge in [0.05, 0.1) is 5.41 Å². The molecule has 1 heterocycles. The van der Waals surface area contributed by atoms with E-state index < -0.39 is 17.4 Å². The maximum absolute atomic E-state index is 12.5. The lowest BCUT2D eigenvalue weighted by Crippen LogP contribution is -2.37. The molecular formula is C14H14ClN3O3. The van der Waals surface area contributed by atoms with Crippen LogP contribution in [0.1, 0.15) is 20.1 Å². The Morgan fingerprint density at radius 3 is 2.57 bits per heavy atom. The molecule has 2 aromatic rings. The molecule has 0 saturated carbocycles. The van der Waals surface area contributed by atoms with Gasteiger partial charge in [-0.15, -0.1) is 0 Å². The molecule has 1 aromatic heterocycles. The average Bonchev–Trinajstić information content (AvgIpc) is 3.00. The number of halogens is 1. The number of rotatable bonds is 6. The second kappa shape index (κ2) is 6.05. The molecule has 1 unspecified atom stereocenters. The van der Waals surface area contributed by atoms with Crippen molar-refractivity contribution >= 4 is 23.7 Å². The molecule has 2 rings (SSSR count). The van der Waals surface area contributed by atoms with E-state index in [1.807, 2.05) is 0 Å². The van der Waals surface area contributed by atoms with Crippen LogP contribution in [0.4, 0.5) is 0 Å². The first-order valence-electron chi connectivity index (χ1n) is 6.21. The van der Waals surface area contributed by atoms with E-state index in [4.69, 9.17) is 16.3 Å². The Morgan fingerprint density at radius 1 is 1.38 bits per heavy atom. The van der Waals surface area contributed by atoms with Crippen molar-refractivity contribution in [2.75, 3.05) is 0 Å². The molecule has 0 aliphatic rings. The number of aromatic nitrogens is 3. The van der Waals surface area contributed by atoms with Gasteiger partial charge in [-0.3, -0.25) is 4.79 Å². The quantitative estimate of drug-likeness (QED) is 0.605. The maximum atomic E-state index is 12.5. The number of Topliss-reactive ketones (excluding diaryl/α,β-unsaturated/α-hetero) is 1. The molecule has 0 spiro atoms. The van der Waals surface area contributed by atoms with Crippen LogP contribution in [0.2, 0.25) is 5.02 Å². The predicted molar refractivity (Wildman–Crippen MR) is 76.0 cm³/mol. The van der Waals surface area contributed by atoms with Crippen molar-refractivity contribution < 1.29 is 14.3 Å². The minimum atomic E-state index is -1.19. The maximum Gasteiger partial charge on any atom is 0.252 e. The molecule has 110 valence electrons. The summed E-state index contributed by atoms with van der Waals surface area (Å²) >= 11 is 5.81. The summed E-state index contributed by atoms with van der Waals surface area (Å²) in [6.45, 7) is 3.05. The third kappa shape index (κ3) is 3.46. The monoisotopic (exact) mass is 307 g/mol. The lowest BCUT2D eigenvalue weighted by molar-refractivity contribution is -0.142. The minimum absolute atomic E-state index is 0.419. The molecule has 6 nitrogen and oxygen atoms in total. The Morgan fingerprint density at radius 2 is 2.05 bits per heavy atom. The summed E-state index contributed by atoms with van der Waals surface area (Å²) in [7, 11) is 0. The number of aldehydes is 1. The van der Waals surface area contributed by atoms with Gasteiger partial charge in [-0.2, -0.15) is 5.10 Å². The van der Waals surface area contributed by atoms with E-state index in [1.54, 1.807) is 24.3 Å². The molecule has 0 aliphatic heterocycles. The van der Waals surface area contributed by atoms with Gasteiger partial charge < -0.3 is 9.53 Å². The number of ketones is 1. The van der Waals surface area contributed by atoms with Gasteiger partial charge in [-0.25, -0.2) is 9.67 Å². The zero-order chi connectivity index (χ0) is 15.5. The van der Waals surface area contributed by atoms with E-state index in [2.05, 4.69) is 10.1 Å². The van der Waals surface area contributed by atoms with Gasteiger partial charge >= 0.3 is 0 Å². The molecule has 0 bridgehead atoms. The molecular weight excluding hydrogens is 294 g/mol. The summed E-state index contributed by atoms with van der Waals surface area (Å²) in [6, 6.07) is 6.55. The molecule has 0 fully saturated rings. The zero-order valence-electron chi connectivity index (χ0n) is 11.6. The summed E-state index contributed by atoms with van der Waals surface area (Å²) in [6.07, 6.45) is 2.16. The smallest absolute Gasteiger partial charge is 0.252 e. The SMILES string of the molecule is CC(C)(C=O)C(=O)C(Oc1ccc(Cl)cc1)n1cncn1. The van der Waals surface area contributed by atoms with Gasteiger partial charge in [0.25, 0.3) is 6.23 Å². The molecule has 0 amide bonds. The Kier molecular flexibility index (Phi) is 4.37. The number of ether oxygens (including phenoxy) is 1. The van der Waals surface area contributed by atoms with Gasteiger partial charge in [0.1, 0.15) is 24.7 Å². The predicted octanol–water partition coefficient (Wildman–Crippen LogP) is 2.30. The van der Waals surface area contributed by atoms with Gasteiger partial charge in [0, 0.05) is 5.02 Å². The molecule has 21 heavy (non-hydrogen) atoms. The first kappa shape index (κ1) is 15.2. The average molecular weight is 308 g/mol. The minimum Gasteiger partial charge on any atom is -0.461 e. The zero-order valence-corrected chi connectivity index (χ0v) is 12.3. The highest BCUT2D eigenvalue weighted by Crippen LogP contribution is 2.26. The third-order valence-electron chi connectivity index (χ3n) is 2.89. The van der Waals surface area contributed by atoms with Crippen LogP contribution in [0, 0.1) is 5.41 Å². The highest BCUT2D eigenvalue weighted by Gasteiger charge is 2.36. The normalized spacial score (nSPS) is 12.7. The van der Waals surface area contributed by atoms with E-state index in [9.17, 15) is 9.59 Å². The number of carbonyl (C=O) groups excluding carboxylic acids is 2. The van der Waals surface area contributed by atoms with Crippen LogP contribution < -0.4 is 4.74 Å². The van der Waals surface area contributed by atoms with Crippen molar-refractivity contribution in [3.63, 3.8) is 0 Å². The van der Waals surface area contributed by atoms with Crippen LogP contribution in [0.15, 0.2) is 36.9 Å². The number of carbonyl (C=O) groups is 2. The largest absolute Gasteiger partial charge is 0.461 e. The Bertz CT molecular complexity index is 623. The molecule has 0 saturated heterocycles. The number of hydrogen-bond donors (Lipinski definition) is 0. The van der Waals surface area contributed by atoms with E-state index in [-0.39, 0.29) is 0 Å². The van der Waals surface area contributed by atoms with Crippen molar-refractivity contribution in [3.05, 3.63) is 41.9 Å². The molecule has 0 radical (unpaired) electrons. The molecule has 7 heteroatoms. The summed E-state index contributed by atoms with van der Waals surface area (Å²) in [5.74, 6) is 0.0212. The van der Waals surface area contributed by atoms with Gasteiger partial charge in [-0.05, 0) is 38.1 Å². The summed E-state index contributed by atoms with van der Waals surface area (Å²) in [5.41, 5.74) is -1.19. The van der Waals surface area contributed by atoms with Crippen LogP contribution >= 0.6 is 11.6 Å². The fourth-order valence-electron chi connectivity index (χ4n) is 1.58. The van der Waals surface area contributed by atoms with Crippen molar-refractivity contribution in [1.82, 2.24) is 14.8 Å². The van der Waals surface area contributed by atoms with Crippen molar-refractivity contribution in [3.8, 4) is 5.75 Å². The van der Waals surface area contributed by atoms with Crippen LogP contribution in [0.5, 0.6) is 5.75 Å². The lowest BCUT2D eigenvalue weighted by atomic mass is 9.89. The third-order valence-corrected chi connectivity index (χ3v) is 3.14.